The van der Waals surface area contributed by atoms with E-state index in [0.717, 1.165) is 5.76 Å². The molecule has 1 aliphatic rings. The SMILES string of the molecule is O=C1NC(=O)C([C@H](S)CCc2ccco2)C(=O)N1. The number of furan rings is 1. The van der Waals surface area contributed by atoms with E-state index in [1.54, 1.807) is 12.3 Å². The Bertz CT molecular complexity index is 451. The highest BCUT2D eigenvalue weighted by atomic mass is 32.1. The van der Waals surface area contributed by atoms with Gasteiger partial charge in [0.1, 0.15) is 11.7 Å². The summed E-state index contributed by atoms with van der Waals surface area (Å²) in [6, 6.07) is 2.79. The van der Waals surface area contributed by atoms with E-state index in [0.29, 0.717) is 12.8 Å². The minimum absolute atomic E-state index is 0.469. The van der Waals surface area contributed by atoms with Crippen molar-refractivity contribution < 1.29 is 18.8 Å². The molecule has 96 valence electrons. The van der Waals surface area contributed by atoms with Crippen molar-refractivity contribution in [2.75, 3.05) is 0 Å². The number of carbonyl (C=O) groups is 3. The van der Waals surface area contributed by atoms with Crippen molar-refractivity contribution >= 4 is 30.5 Å². The van der Waals surface area contributed by atoms with Crippen LogP contribution in [0, 0.1) is 5.92 Å². The molecule has 0 saturated carbocycles. The summed E-state index contributed by atoms with van der Waals surface area (Å²) in [7, 11) is 0. The quantitative estimate of drug-likeness (QED) is 0.548. The van der Waals surface area contributed by atoms with E-state index in [4.69, 9.17) is 4.42 Å². The first-order valence-electron chi connectivity index (χ1n) is 5.44. The predicted octanol–water partition coefficient (Wildman–Crippen LogP) is 0.493. The number of carbonyl (C=O) groups excluding carboxylic acids is 3. The van der Waals surface area contributed by atoms with Gasteiger partial charge in [0.15, 0.2) is 0 Å². The molecule has 0 bridgehead atoms. The summed E-state index contributed by atoms with van der Waals surface area (Å²) in [5.41, 5.74) is 0. The minimum Gasteiger partial charge on any atom is -0.469 e. The van der Waals surface area contributed by atoms with Crippen LogP contribution in [0.3, 0.4) is 0 Å². The van der Waals surface area contributed by atoms with Gasteiger partial charge in [0.25, 0.3) is 0 Å². The van der Waals surface area contributed by atoms with Crippen LogP contribution in [0.25, 0.3) is 0 Å². The largest absolute Gasteiger partial charge is 0.469 e. The Balaban J connectivity index is 1.95. The maximum absolute atomic E-state index is 11.6. The molecule has 0 unspecified atom stereocenters. The van der Waals surface area contributed by atoms with Gasteiger partial charge in [0, 0.05) is 11.7 Å². The Labute approximate surface area is 109 Å². The lowest BCUT2D eigenvalue weighted by Crippen LogP contribution is -2.58. The van der Waals surface area contributed by atoms with Crippen LogP contribution in [0.15, 0.2) is 22.8 Å². The molecule has 1 saturated heterocycles. The molecule has 1 aromatic heterocycles. The Morgan fingerprint density at radius 1 is 1.28 bits per heavy atom. The summed E-state index contributed by atoms with van der Waals surface area (Å²) in [5.74, 6) is -1.41. The van der Waals surface area contributed by atoms with Crippen molar-refractivity contribution in [1.29, 1.82) is 0 Å². The van der Waals surface area contributed by atoms with E-state index in [-0.39, 0.29) is 0 Å². The highest BCUT2D eigenvalue weighted by Crippen LogP contribution is 2.19. The van der Waals surface area contributed by atoms with Gasteiger partial charge in [0.2, 0.25) is 11.8 Å². The Kier molecular flexibility index (Phi) is 3.71. The number of hydrogen-bond acceptors (Lipinski definition) is 5. The van der Waals surface area contributed by atoms with E-state index in [9.17, 15) is 14.4 Å². The number of amides is 4. The molecule has 0 aromatic carbocycles. The molecule has 2 rings (SSSR count). The third-order valence-electron chi connectivity index (χ3n) is 2.69. The van der Waals surface area contributed by atoms with E-state index >= 15 is 0 Å². The molecule has 1 atom stereocenters. The summed E-state index contributed by atoms with van der Waals surface area (Å²) < 4.78 is 5.15. The Morgan fingerprint density at radius 2 is 1.94 bits per heavy atom. The van der Waals surface area contributed by atoms with Gasteiger partial charge in [-0.25, -0.2) is 4.79 Å². The first-order chi connectivity index (χ1) is 8.58. The van der Waals surface area contributed by atoms with Crippen LogP contribution in [-0.4, -0.2) is 23.1 Å². The number of barbiturate groups is 1. The van der Waals surface area contributed by atoms with Gasteiger partial charge >= 0.3 is 6.03 Å². The van der Waals surface area contributed by atoms with E-state index in [1.165, 1.54) is 0 Å². The maximum atomic E-state index is 11.6. The molecular weight excluding hydrogens is 256 g/mol. The third kappa shape index (κ3) is 2.73. The predicted molar refractivity (Wildman–Crippen MR) is 65.0 cm³/mol. The fourth-order valence-electron chi connectivity index (χ4n) is 1.79. The van der Waals surface area contributed by atoms with Gasteiger partial charge in [-0.15, -0.1) is 0 Å². The van der Waals surface area contributed by atoms with Crippen molar-refractivity contribution in [1.82, 2.24) is 10.6 Å². The van der Waals surface area contributed by atoms with Crippen LogP contribution < -0.4 is 10.6 Å². The van der Waals surface area contributed by atoms with Crippen molar-refractivity contribution in [3.05, 3.63) is 24.2 Å². The van der Waals surface area contributed by atoms with Gasteiger partial charge < -0.3 is 4.42 Å². The van der Waals surface area contributed by atoms with Gasteiger partial charge in [-0.05, 0) is 18.6 Å². The van der Waals surface area contributed by atoms with E-state index < -0.39 is 29.0 Å². The average Bonchev–Trinajstić information content (AvgIpc) is 2.77. The molecule has 18 heavy (non-hydrogen) atoms. The van der Waals surface area contributed by atoms with Crippen LogP contribution in [0.4, 0.5) is 4.79 Å². The summed E-state index contributed by atoms with van der Waals surface area (Å²) in [5, 5.41) is 3.63. The molecule has 2 N–H and O–H groups in total. The van der Waals surface area contributed by atoms with Crippen molar-refractivity contribution in [3.8, 4) is 0 Å². The standard InChI is InChI=1S/C11H12N2O4S/c14-9-8(10(15)13-11(16)12-9)7(18)4-3-6-2-1-5-17-6/h1-2,5,7-8,18H,3-4H2,(H2,12,13,14,15,16)/t7-/m1/s1. The highest BCUT2D eigenvalue weighted by molar-refractivity contribution is 7.81. The first-order valence-corrected chi connectivity index (χ1v) is 5.95. The highest BCUT2D eigenvalue weighted by Gasteiger charge is 2.38. The van der Waals surface area contributed by atoms with E-state index in [2.05, 4.69) is 23.3 Å². The Morgan fingerprint density at radius 3 is 2.50 bits per heavy atom. The van der Waals surface area contributed by atoms with Crippen molar-refractivity contribution in [2.24, 2.45) is 5.92 Å². The van der Waals surface area contributed by atoms with Crippen LogP contribution in [0.2, 0.25) is 0 Å². The summed E-state index contributed by atoms with van der Waals surface area (Å²) >= 11 is 4.26. The number of hydrogen-bond donors (Lipinski definition) is 3. The van der Waals surface area contributed by atoms with Gasteiger partial charge in [-0.2, -0.15) is 12.6 Å². The zero-order valence-corrected chi connectivity index (χ0v) is 10.3. The number of urea groups is 1. The zero-order valence-electron chi connectivity index (χ0n) is 9.38. The molecule has 0 spiro atoms. The Hall–Kier alpha value is -1.76. The second-order valence-electron chi connectivity index (χ2n) is 3.97. The molecular formula is C11H12N2O4S. The topological polar surface area (TPSA) is 88.4 Å². The smallest absolute Gasteiger partial charge is 0.328 e. The zero-order chi connectivity index (χ0) is 13.1. The molecule has 7 heteroatoms. The molecule has 4 amide bonds. The second kappa shape index (κ2) is 5.26. The van der Waals surface area contributed by atoms with Crippen LogP contribution in [0.1, 0.15) is 12.2 Å². The third-order valence-corrected chi connectivity index (χ3v) is 3.25. The van der Waals surface area contributed by atoms with Crippen LogP contribution in [-0.2, 0) is 16.0 Å². The van der Waals surface area contributed by atoms with Crippen LogP contribution in [0.5, 0.6) is 0 Å². The minimum atomic E-state index is -0.957. The molecule has 1 aliphatic heterocycles. The first kappa shape index (κ1) is 12.7. The number of thiol groups is 1. The van der Waals surface area contributed by atoms with Gasteiger partial charge in [0.05, 0.1) is 6.26 Å². The fraction of sp³-hybridized carbons (Fsp3) is 0.364. The number of rotatable bonds is 4. The lowest BCUT2D eigenvalue weighted by Gasteiger charge is -2.24. The number of nitrogens with one attached hydrogen (secondary N) is 2. The monoisotopic (exact) mass is 268 g/mol. The van der Waals surface area contributed by atoms with Crippen molar-refractivity contribution in [2.45, 2.75) is 18.1 Å². The molecule has 0 radical (unpaired) electrons. The summed E-state index contributed by atoms with van der Waals surface area (Å²) in [6.45, 7) is 0. The number of aryl methyl sites for hydroxylation is 1. The molecule has 1 aromatic rings. The lowest BCUT2D eigenvalue weighted by molar-refractivity contribution is -0.135. The van der Waals surface area contributed by atoms with Crippen molar-refractivity contribution in [3.63, 3.8) is 0 Å². The molecule has 0 aliphatic carbocycles. The summed E-state index contributed by atoms with van der Waals surface area (Å²) in [6.07, 6.45) is 2.63. The molecule has 6 nitrogen and oxygen atoms in total. The number of imide groups is 2. The normalized spacial score (nSPS) is 18.4. The van der Waals surface area contributed by atoms with E-state index in [1.807, 2.05) is 6.07 Å². The van der Waals surface area contributed by atoms with Gasteiger partial charge in [-0.3, -0.25) is 20.2 Å². The molecule has 2 heterocycles. The lowest BCUT2D eigenvalue weighted by atomic mass is 9.97. The second-order valence-corrected chi connectivity index (χ2v) is 4.63. The molecule has 1 fully saturated rings. The summed E-state index contributed by atoms with van der Waals surface area (Å²) in [4.78, 5) is 34.0. The average molecular weight is 268 g/mol. The fourth-order valence-corrected chi connectivity index (χ4v) is 2.19. The van der Waals surface area contributed by atoms with Gasteiger partial charge in [-0.1, -0.05) is 0 Å². The maximum Gasteiger partial charge on any atom is 0.328 e. The van der Waals surface area contributed by atoms with Crippen LogP contribution >= 0.6 is 12.6 Å².